The van der Waals surface area contributed by atoms with Gasteiger partial charge in [0.2, 0.25) is 0 Å². The van der Waals surface area contributed by atoms with Gasteiger partial charge in [0.05, 0.1) is 5.69 Å². The van der Waals surface area contributed by atoms with E-state index in [1.807, 2.05) is 26.0 Å². The Kier molecular flexibility index (Phi) is 6.16. The Labute approximate surface area is 161 Å². The second-order valence-corrected chi connectivity index (χ2v) is 7.49. The molecular formula is C21H30N4O2. The van der Waals surface area contributed by atoms with Crippen molar-refractivity contribution in [2.75, 3.05) is 42.9 Å². The van der Waals surface area contributed by atoms with Crippen molar-refractivity contribution >= 4 is 17.3 Å². The summed E-state index contributed by atoms with van der Waals surface area (Å²) in [7, 11) is 0. The largest absolute Gasteiger partial charge is 0.369 e. The van der Waals surface area contributed by atoms with E-state index in [1.165, 1.54) is 18.7 Å². The van der Waals surface area contributed by atoms with Crippen LogP contribution in [-0.2, 0) is 0 Å². The number of hydrogen-bond donors (Lipinski definition) is 1. The fourth-order valence-electron chi connectivity index (χ4n) is 3.55. The van der Waals surface area contributed by atoms with Gasteiger partial charge in [0.15, 0.2) is 5.76 Å². The van der Waals surface area contributed by atoms with Crippen LogP contribution in [0, 0.1) is 6.92 Å². The molecule has 1 N–H and O–H groups in total. The molecule has 1 aromatic heterocycles. The first kappa shape index (κ1) is 19.4. The molecule has 3 rings (SSSR count). The summed E-state index contributed by atoms with van der Waals surface area (Å²) in [6, 6.07) is 8.08. The second-order valence-electron chi connectivity index (χ2n) is 7.49. The lowest BCUT2D eigenvalue weighted by molar-refractivity contribution is 0.102. The van der Waals surface area contributed by atoms with Gasteiger partial charge in [0.25, 0.3) is 5.91 Å². The molecule has 0 saturated carbocycles. The molecule has 1 amide bonds. The zero-order valence-electron chi connectivity index (χ0n) is 16.8. The highest BCUT2D eigenvalue weighted by molar-refractivity contribution is 6.05. The highest BCUT2D eigenvalue weighted by atomic mass is 16.5. The maximum absolute atomic E-state index is 12.7. The highest BCUT2D eigenvalue weighted by Gasteiger charge is 2.23. The minimum absolute atomic E-state index is 0.112. The first-order chi connectivity index (χ1) is 13.0. The summed E-state index contributed by atoms with van der Waals surface area (Å²) in [5.74, 6) is 0.575. The Bertz CT molecular complexity index is 759. The van der Waals surface area contributed by atoms with Gasteiger partial charge in [0.1, 0.15) is 5.56 Å². The molecule has 0 bridgehead atoms. The van der Waals surface area contributed by atoms with Crippen LogP contribution in [0.3, 0.4) is 0 Å². The standard InChI is InChI=1S/C21H30N4O2/c1-5-10-24-11-13-25(14-12-24)18-8-6-17(7-9-18)22-21(26)19-16(4)23-27-20(19)15(2)3/h6-9,15H,5,10-14H2,1-4H3,(H,22,26). The number of nitrogens with zero attached hydrogens (tertiary/aromatic N) is 3. The Morgan fingerprint density at radius 1 is 1.19 bits per heavy atom. The van der Waals surface area contributed by atoms with Crippen LogP contribution in [0.2, 0.25) is 0 Å². The Morgan fingerprint density at radius 3 is 2.44 bits per heavy atom. The molecule has 1 aliphatic rings. The summed E-state index contributed by atoms with van der Waals surface area (Å²) in [5, 5.41) is 6.92. The van der Waals surface area contributed by atoms with E-state index in [2.05, 4.69) is 39.3 Å². The lowest BCUT2D eigenvalue weighted by atomic mass is 10.0. The van der Waals surface area contributed by atoms with Gasteiger partial charge in [-0.1, -0.05) is 25.9 Å². The van der Waals surface area contributed by atoms with Crippen molar-refractivity contribution in [1.82, 2.24) is 10.1 Å². The number of carbonyl (C=O) groups excluding carboxylic acids is 1. The Hall–Kier alpha value is -2.34. The molecule has 1 fully saturated rings. The van der Waals surface area contributed by atoms with Crippen LogP contribution in [0.1, 0.15) is 54.9 Å². The van der Waals surface area contributed by atoms with Gasteiger partial charge in [-0.05, 0) is 44.2 Å². The SMILES string of the molecule is CCCN1CCN(c2ccc(NC(=O)c3c(C)noc3C(C)C)cc2)CC1. The molecule has 2 aromatic rings. The van der Waals surface area contributed by atoms with Crippen molar-refractivity contribution in [3.8, 4) is 0 Å². The number of aryl methyl sites for hydroxylation is 1. The minimum atomic E-state index is -0.168. The number of benzene rings is 1. The van der Waals surface area contributed by atoms with Gasteiger partial charge < -0.3 is 14.7 Å². The topological polar surface area (TPSA) is 61.6 Å². The van der Waals surface area contributed by atoms with E-state index in [1.54, 1.807) is 6.92 Å². The van der Waals surface area contributed by atoms with Crippen molar-refractivity contribution in [2.24, 2.45) is 0 Å². The van der Waals surface area contributed by atoms with Crippen LogP contribution in [0.15, 0.2) is 28.8 Å². The molecule has 6 heteroatoms. The molecule has 1 aliphatic heterocycles. The average molecular weight is 370 g/mol. The Morgan fingerprint density at radius 2 is 1.85 bits per heavy atom. The number of amides is 1. The average Bonchev–Trinajstić information content (AvgIpc) is 3.05. The van der Waals surface area contributed by atoms with E-state index in [0.717, 1.165) is 31.9 Å². The summed E-state index contributed by atoms with van der Waals surface area (Å²) < 4.78 is 5.32. The summed E-state index contributed by atoms with van der Waals surface area (Å²) >= 11 is 0. The number of carbonyl (C=O) groups is 1. The molecule has 1 saturated heterocycles. The van der Waals surface area contributed by atoms with Gasteiger partial charge in [-0.3, -0.25) is 9.69 Å². The molecule has 0 atom stereocenters. The van der Waals surface area contributed by atoms with E-state index < -0.39 is 0 Å². The van der Waals surface area contributed by atoms with E-state index in [-0.39, 0.29) is 11.8 Å². The fourth-order valence-corrected chi connectivity index (χ4v) is 3.55. The molecule has 0 unspecified atom stereocenters. The number of rotatable bonds is 6. The number of anilines is 2. The zero-order chi connectivity index (χ0) is 19.4. The van der Waals surface area contributed by atoms with Crippen molar-refractivity contribution in [2.45, 2.75) is 40.0 Å². The molecule has 0 radical (unpaired) electrons. The second kappa shape index (κ2) is 8.57. The molecule has 27 heavy (non-hydrogen) atoms. The van der Waals surface area contributed by atoms with E-state index >= 15 is 0 Å². The van der Waals surface area contributed by atoms with Gasteiger partial charge in [-0.15, -0.1) is 0 Å². The molecular weight excluding hydrogens is 340 g/mol. The van der Waals surface area contributed by atoms with Crippen LogP contribution in [0.5, 0.6) is 0 Å². The summed E-state index contributed by atoms with van der Waals surface area (Å²) in [6.07, 6.45) is 1.21. The summed E-state index contributed by atoms with van der Waals surface area (Å²) in [4.78, 5) is 17.6. The number of aromatic nitrogens is 1. The predicted octanol–water partition coefficient (Wildman–Crippen LogP) is 3.89. The van der Waals surface area contributed by atoms with E-state index in [0.29, 0.717) is 17.0 Å². The monoisotopic (exact) mass is 370 g/mol. The van der Waals surface area contributed by atoms with Crippen LogP contribution in [0.25, 0.3) is 0 Å². The highest BCUT2D eigenvalue weighted by Crippen LogP contribution is 2.24. The first-order valence-electron chi connectivity index (χ1n) is 9.84. The van der Waals surface area contributed by atoms with Crippen LogP contribution >= 0.6 is 0 Å². The predicted molar refractivity (Wildman–Crippen MR) is 109 cm³/mol. The van der Waals surface area contributed by atoms with Crippen LogP contribution in [0.4, 0.5) is 11.4 Å². The minimum Gasteiger partial charge on any atom is -0.369 e. The van der Waals surface area contributed by atoms with Crippen molar-refractivity contribution < 1.29 is 9.32 Å². The quantitative estimate of drug-likeness (QED) is 0.836. The van der Waals surface area contributed by atoms with Crippen molar-refractivity contribution in [3.05, 3.63) is 41.3 Å². The maximum Gasteiger partial charge on any atom is 0.261 e. The molecule has 2 heterocycles. The molecule has 146 valence electrons. The number of nitrogens with one attached hydrogen (secondary N) is 1. The third-order valence-electron chi connectivity index (χ3n) is 5.04. The van der Waals surface area contributed by atoms with Crippen molar-refractivity contribution in [1.29, 1.82) is 0 Å². The van der Waals surface area contributed by atoms with Gasteiger partial charge in [-0.25, -0.2) is 0 Å². The smallest absolute Gasteiger partial charge is 0.261 e. The zero-order valence-corrected chi connectivity index (χ0v) is 16.8. The normalized spacial score (nSPS) is 15.4. The summed E-state index contributed by atoms with van der Waals surface area (Å²) in [6.45, 7) is 13.5. The maximum atomic E-state index is 12.7. The third-order valence-corrected chi connectivity index (χ3v) is 5.04. The van der Waals surface area contributed by atoms with Crippen molar-refractivity contribution in [3.63, 3.8) is 0 Å². The van der Waals surface area contributed by atoms with Gasteiger partial charge in [0, 0.05) is 43.5 Å². The van der Waals surface area contributed by atoms with Crippen LogP contribution < -0.4 is 10.2 Å². The molecule has 1 aromatic carbocycles. The molecule has 0 aliphatic carbocycles. The first-order valence-corrected chi connectivity index (χ1v) is 9.84. The molecule has 0 spiro atoms. The fraction of sp³-hybridized carbons (Fsp3) is 0.524. The van der Waals surface area contributed by atoms with Crippen LogP contribution in [-0.4, -0.2) is 48.7 Å². The lowest BCUT2D eigenvalue weighted by Gasteiger charge is -2.36. The Balaban J connectivity index is 1.63. The van der Waals surface area contributed by atoms with Gasteiger partial charge >= 0.3 is 0 Å². The van der Waals surface area contributed by atoms with Gasteiger partial charge in [-0.2, -0.15) is 0 Å². The lowest BCUT2D eigenvalue weighted by Crippen LogP contribution is -2.46. The third kappa shape index (κ3) is 4.50. The number of hydrogen-bond acceptors (Lipinski definition) is 5. The van der Waals surface area contributed by atoms with E-state index in [4.69, 9.17) is 4.52 Å². The summed E-state index contributed by atoms with van der Waals surface area (Å²) in [5.41, 5.74) is 3.15. The molecule has 6 nitrogen and oxygen atoms in total. The number of piperazine rings is 1. The van der Waals surface area contributed by atoms with E-state index in [9.17, 15) is 4.79 Å².